The first-order valence-corrected chi connectivity index (χ1v) is 2.26. The van der Waals surface area contributed by atoms with Gasteiger partial charge in [-0.05, 0) is 6.08 Å². The number of nitriles is 1. The molecule has 0 N–H and O–H groups in total. The molecule has 1 heterocycles. The zero-order chi connectivity index (χ0) is 5.82. The first-order valence-electron chi connectivity index (χ1n) is 2.26. The van der Waals surface area contributed by atoms with Gasteiger partial charge < -0.3 is 0 Å². The summed E-state index contributed by atoms with van der Waals surface area (Å²) in [5.74, 6) is 0. The van der Waals surface area contributed by atoms with Crippen LogP contribution in [0.4, 0.5) is 0 Å². The molecule has 1 rings (SSSR count). The van der Waals surface area contributed by atoms with Crippen LogP contribution >= 0.6 is 12.4 Å². The lowest BCUT2D eigenvalue weighted by Crippen LogP contribution is -2.11. The second-order valence-corrected chi connectivity index (χ2v) is 1.38. The van der Waals surface area contributed by atoms with Crippen molar-refractivity contribution in [1.82, 2.24) is 4.90 Å². The molecule has 0 aromatic carbocycles. The van der Waals surface area contributed by atoms with Gasteiger partial charge >= 0.3 is 0 Å². The Labute approximate surface area is 59.7 Å². The van der Waals surface area contributed by atoms with Crippen molar-refractivity contribution in [2.24, 2.45) is 4.99 Å². The normalized spacial score (nSPS) is 14.3. The van der Waals surface area contributed by atoms with Gasteiger partial charge in [0.2, 0.25) is 0 Å². The van der Waals surface area contributed by atoms with Gasteiger partial charge in [-0.2, -0.15) is 5.26 Å². The van der Waals surface area contributed by atoms with E-state index in [-0.39, 0.29) is 12.4 Å². The predicted octanol–water partition coefficient (Wildman–Crippen LogP) is 0.747. The van der Waals surface area contributed by atoms with E-state index in [0.717, 1.165) is 0 Å². The smallest absolute Gasteiger partial charge is 0.185 e. The van der Waals surface area contributed by atoms with Crippen molar-refractivity contribution >= 4 is 18.6 Å². The monoisotopic (exact) mass is 143 g/mol. The van der Waals surface area contributed by atoms with Gasteiger partial charge in [0.15, 0.2) is 6.19 Å². The maximum absolute atomic E-state index is 8.24. The van der Waals surface area contributed by atoms with E-state index in [0.29, 0.717) is 6.67 Å². The molecule has 9 heavy (non-hydrogen) atoms. The Morgan fingerprint density at radius 3 is 2.78 bits per heavy atom. The molecule has 0 bridgehead atoms. The summed E-state index contributed by atoms with van der Waals surface area (Å²) in [4.78, 5) is 5.27. The highest BCUT2D eigenvalue weighted by atomic mass is 35.5. The Morgan fingerprint density at radius 2 is 2.44 bits per heavy atom. The van der Waals surface area contributed by atoms with Gasteiger partial charge in [0, 0.05) is 12.4 Å². The summed E-state index contributed by atoms with van der Waals surface area (Å²) in [6.45, 7) is 0.465. The number of hydrogen-bond donors (Lipinski definition) is 0. The van der Waals surface area contributed by atoms with Crippen LogP contribution in [0.2, 0.25) is 0 Å². The van der Waals surface area contributed by atoms with E-state index in [4.69, 9.17) is 5.26 Å². The van der Waals surface area contributed by atoms with Crippen molar-refractivity contribution in [3.8, 4) is 6.19 Å². The minimum Gasteiger partial charge on any atom is -0.271 e. The van der Waals surface area contributed by atoms with Gasteiger partial charge in [0.1, 0.15) is 6.67 Å². The molecule has 0 saturated carbocycles. The third kappa shape index (κ3) is 2.15. The van der Waals surface area contributed by atoms with Gasteiger partial charge in [-0.1, -0.05) is 0 Å². The molecule has 1 aliphatic rings. The lowest BCUT2D eigenvalue weighted by Gasteiger charge is -2.06. The van der Waals surface area contributed by atoms with E-state index < -0.39 is 0 Å². The Bertz CT molecular complexity index is 168. The first kappa shape index (κ1) is 7.99. The van der Waals surface area contributed by atoms with Crippen LogP contribution in [0, 0.1) is 11.5 Å². The molecule has 1 aliphatic heterocycles. The quantitative estimate of drug-likeness (QED) is 0.470. The summed E-state index contributed by atoms with van der Waals surface area (Å²) < 4.78 is 0. The third-order valence-corrected chi connectivity index (χ3v) is 0.820. The van der Waals surface area contributed by atoms with E-state index >= 15 is 0 Å². The molecule has 0 atom stereocenters. The van der Waals surface area contributed by atoms with E-state index in [1.54, 1.807) is 18.5 Å². The van der Waals surface area contributed by atoms with Crippen molar-refractivity contribution in [3.05, 3.63) is 12.3 Å². The number of rotatable bonds is 0. The third-order valence-electron chi connectivity index (χ3n) is 0.820. The lowest BCUT2D eigenvalue weighted by atomic mass is 10.6. The maximum atomic E-state index is 8.24. The topological polar surface area (TPSA) is 39.4 Å². The number of allylic oxidation sites excluding steroid dienone is 1. The van der Waals surface area contributed by atoms with Crippen LogP contribution in [0.15, 0.2) is 17.3 Å². The molecule has 0 saturated heterocycles. The molecule has 0 unspecified atom stereocenters. The van der Waals surface area contributed by atoms with E-state index in [9.17, 15) is 0 Å². The first-order chi connectivity index (χ1) is 3.93. The summed E-state index contributed by atoms with van der Waals surface area (Å²) in [5, 5.41) is 8.24. The summed E-state index contributed by atoms with van der Waals surface area (Å²) in [6.07, 6.45) is 7.03. The fourth-order valence-corrected chi connectivity index (χ4v) is 0.450. The Morgan fingerprint density at radius 1 is 1.67 bits per heavy atom. The molecular weight excluding hydrogens is 138 g/mol. The summed E-state index contributed by atoms with van der Waals surface area (Å²) >= 11 is 0. The maximum Gasteiger partial charge on any atom is 0.185 e. The fraction of sp³-hybridized carbons (Fsp3) is 0.200. The highest BCUT2D eigenvalue weighted by molar-refractivity contribution is 5.85. The standard InChI is InChI=1S/C5H5N3.ClH/c6-4-8-3-1-2-7-5-8;/h1-3H,5H2;1H. The van der Waals surface area contributed by atoms with Crippen LogP contribution in [0.1, 0.15) is 0 Å². The van der Waals surface area contributed by atoms with Crippen molar-refractivity contribution in [1.29, 1.82) is 5.26 Å². The molecular formula is C5H6ClN3. The number of halogens is 1. The summed E-state index contributed by atoms with van der Waals surface area (Å²) in [5.41, 5.74) is 0. The molecule has 4 heteroatoms. The fourth-order valence-electron chi connectivity index (χ4n) is 0.450. The van der Waals surface area contributed by atoms with Crippen molar-refractivity contribution in [3.63, 3.8) is 0 Å². The van der Waals surface area contributed by atoms with Gasteiger partial charge in [0.25, 0.3) is 0 Å². The number of hydrogen-bond acceptors (Lipinski definition) is 3. The number of nitrogens with zero attached hydrogens (tertiary/aromatic N) is 3. The molecule has 0 aliphatic carbocycles. The predicted molar refractivity (Wildman–Crippen MR) is 37.2 cm³/mol. The van der Waals surface area contributed by atoms with Crippen LogP contribution in [-0.4, -0.2) is 17.8 Å². The van der Waals surface area contributed by atoms with Gasteiger partial charge in [-0.3, -0.25) is 9.89 Å². The molecule has 0 spiro atoms. The van der Waals surface area contributed by atoms with Crippen LogP contribution < -0.4 is 0 Å². The van der Waals surface area contributed by atoms with Crippen LogP contribution in [0.25, 0.3) is 0 Å². The molecule has 0 aromatic rings. The molecule has 48 valence electrons. The molecule has 3 nitrogen and oxygen atoms in total. The van der Waals surface area contributed by atoms with Gasteiger partial charge in [-0.25, -0.2) is 0 Å². The zero-order valence-electron chi connectivity index (χ0n) is 4.69. The average Bonchev–Trinajstić information content (AvgIpc) is 1.90. The Hall–Kier alpha value is -1.01. The lowest BCUT2D eigenvalue weighted by molar-refractivity contribution is 0.539. The minimum absolute atomic E-state index is 0. The van der Waals surface area contributed by atoms with Crippen molar-refractivity contribution in [2.75, 3.05) is 6.67 Å². The van der Waals surface area contributed by atoms with Gasteiger partial charge in [0.05, 0.1) is 0 Å². The summed E-state index contributed by atoms with van der Waals surface area (Å²) in [7, 11) is 0. The average molecular weight is 144 g/mol. The van der Waals surface area contributed by atoms with E-state index in [1.807, 2.05) is 6.19 Å². The van der Waals surface area contributed by atoms with Gasteiger partial charge in [-0.15, -0.1) is 12.4 Å². The molecule has 0 amide bonds. The second kappa shape index (κ2) is 3.93. The van der Waals surface area contributed by atoms with E-state index in [1.165, 1.54) is 4.90 Å². The highest BCUT2D eigenvalue weighted by Gasteiger charge is 1.93. The summed E-state index contributed by atoms with van der Waals surface area (Å²) in [6, 6.07) is 0. The van der Waals surface area contributed by atoms with Crippen LogP contribution in [0.3, 0.4) is 0 Å². The SMILES string of the molecule is Cl.N#CN1C=CC=NC1. The number of aliphatic imine (C=N–C) groups is 1. The molecule has 0 fully saturated rings. The van der Waals surface area contributed by atoms with Crippen LogP contribution in [0.5, 0.6) is 0 Å². The van der Waals surface area contributed by atoms with Crippen molar-refractivity contribution < 1.29 is 0 Å². The second-order valence-electron chi connectivity index (χ2n) is 1.38. The Balaban J connectivity index is 0.000000640. The molecule has 0 radical (unpaired) electrons. The highest BCUT2D eigenvalue weighted by Crippen LogP contribution is 1.90. The Kier molecular flexibility index (Phi) is 3.49. The van der Waals surface area contributed by atoms with Crippen LogP contribution in [-0.2, 0) is 0 Å². The zero-order valence-corrected chi connectivity index (χ0v) is 5.51. The van der Waals surface area contributed by atoms with E-state index in [2.05, 4.69) is 4.99 Å². The molecule has 0 aromatic heterocycles. The minimum atomic E-state index is 0. The van der Waals surface area contributed by atoms with Crippen molar-refractivity contribution in [2.45, 2.75) is 0 Å². The largest absolute Gasteiger partial charge is 0.271 e.